The van der Waals surface area contributed by atoms with Crippen LogP contribution in [0.15, 0.2) is 55.1 Å². The smallest absolute Gasteiger partial charge is 0.337 e. The normalized spacial score (nSPS) is 9.74. The van der Waals surface area contributed by atoms with Crippen LogP contribution in [-0.2, 0) is 4.74 Å². The van der Waals surface area contributed by atoms with E-state index in [-0.39, 0.29) is 5.97 Å². The number of esters is 1. The minimum atomic E-state index is -0.359. The largest absolute Gasteiger partial charge is 0.465 e. The molecule has 2 aromatic rings. The second kappa shape index (κ2) is 5.87. The summed E-state index contributed by atoms with van der Waals surface area (Å²) in [5.41, 5.74) is 1.53. The maximum absolute atomic E-state index is 11.3. The molecule has 0 aliphatic rings. The van der Waals surface area contributed by atoms with Crippen molar-refractivity contribution in [1.29, 1.82) is 0 Å². The van der Waals surface area contributed by atoms with Gasteiger partial charge in [-0.1, -0.05) is 24.8 Å². The lowest BCUT2D eigenvalue weighted by molar-refractivity contribution is 0.0600. The molecule has 0 aliphatic heterocycles. The van der Waals surface area contributed by atoms with E-state index in [0.29, 0.717) is 11.3 Å². The number of carbonyl (C=O) groups is 1. The standard InChI is InChI=1S/C16H14O3/c1-3-12-4-8-14(9-5-12)19-15-10-6-13(7-11-15)16(17)18-2/h3-11H,1H2,2H3. The second-order valence-electron chi connectivity index (χ2n) is 3.89. The van der Waals surface area contributed by atoms with Crippen LogP contribution in [0.25, 0.3) is 6.08 Å². The Morgan fingerprint density at radius 2 is 1.53 bits per heavy atom. The van der Waals surface area contributed by atoms with Crippen molar-refractivity contribution in [3.05, 3.63) is 66.2 Å². The van der Waals surface area contributed by atoms with Crippen molar-refractivity contribution in [1.82, 2.24) is 0 Å². The fourth-order valence-electron chi connectivity index (χ4n) is 1.58. The molecule has 0 atom stereocenters. The van der Waals surface area contributed by atoms with Gasteiger partial charge in [-0.05, 0) is 42.0 Å². The molecule has 3 nitrogen and oxygen atoms in total. The molecule has 0 heterocycles. The third-order valence-corrected chi connectivity index (χ3v) is 2.63. The zero-order chi connectivity index (χ0) is 13.7. The minimum Gasteiger partial charge on any atom is -0.465 e. The number of rotatable bonds is 4. The molecule has 0 amide bonds. The maximum atomic E-state index is 11.3. The molecule has 0 aromatic heterocycles. The summed E-state index contributed by atoms with van der Waals surface area (Å²) in [6.45, 7) is 3.69. The lowest BCUT2D eigenvalue weighted by Gasteiger charge is -2.06. The van der Waals surface area contributed by atoms with Crippen LogP contribution in [0.5, 0.6) is 11.5 Å². The highest BCUT2D eigenvalue weighted by Crippen LogP contribution is 2.22. The van der Waals surface area contributed by atoms with Crippen molar-refractivity contribution >= 4 is 12.0 Å². The number of hydrogen-bond donors (Lipinski definition) is 0. The predicted molar refractivity (Wildman–Crippen MR) is 74.4 cm³/mol. The Kier molecular flexibility index (Phi) is 3.98. The molecule has 0 spiro atoms. The number of benzene rings is 2. The van der Waals surface area contributed by atoms with Crippen molar-refractivity contribution in [3.63, 3.8) is 0 Å². The quantitative estimate of drug-likeness (QED) is 0.776. The summed E-state index contributed by atoms with van der Waals surface area (Å²) >= 11 is 0. The molecule has 0 saturated carbocycles. The van der Waals surface area contributed by atoms with E-state index in [1.807, 2.05) is 24.3 Å². The average Bonchev–Trinajstić information content (AvgIpc) is 2.48. The van der Waals surface area contributed by atoms with Gasteiger partial charge in [-0.3, -0.25) is 0 Å². The summed E-state index contributed by atoms with van der Waals surface area (Å²) in [5, 5.41) is 0. The van der Waals surface area contributed by atoms with Crippen LogP contribution in [-0.4, -0.2) is 13.1 Å². The first-order valence-corrected chi connectivity index (χ1v) is 5.81. The van der Waals surface area contributed by atoms with Crippen LogP contribution in [0.4, 0.5) is 0 Å². The molecule has 19 heavy (non-hydrogen) atoms. The lowest BCUT2D eigenvalue weighted by atomic mass is 10.2. The summed E-state index contributed by atoms with van der Waals surface area (Å²) in [7, 11) is 1.36. The van der Waals surface area contributed by atoms with E-state index in [1.165, 1.54) is 7.11 Å². The van der Waals surface area contributed by atoms with Crippen LogP contribution >= 0.6 is 0 Å². The Labute approximate surface area is 112 Å². The van der Waals surface area contributed by atoms with Crippen LogP contribution in [0.3, 0.4) is 0 Å². The first-order chi connectivity index (χ1) is 9.22. The van der Waals surface area contributed by atoms with Gasteiger partial charge in [0.05, 0.1) is 12.7 Å². The van der Waals surface area contributed by atoms with Crippen molar-refractivity contribution in [3.8, 4) is 11.5 Å². The summed E-state index contributed by atoms with van der Waals surface area (Å²) in [5.74, 6) is 1.04. The molecular formula is C16H14O3. The monoisotopic (exact) mass is 254 g/mol. The van der Waals surface area contributed by atoms with Gasteiger partial charge < -0.3 is 9.47 Å². The average molecular weight is 254 g/mol. The summed E-state index contributed by atoms with van der Waals surface area (Å²) in [4.78, 5) is 11.3. The zero-order valence-electron chi connectivity index (χ0n) is 10.6. The van der Waals surface area contributed by atoms with Crippen molar-refractivity contribution in [2.24, 2.45) is 0 Å². The Balaban J connectivity index is 2.10. The Bertz CT molecular complexity index is 568. The number of ether oxygens (including phenoxy) is 2. The summed E-state index contributed by atoms with van der Waals surface area (Å²) in [6.07, 6.45) is 1.77. The van der Waals surface area contributed by atoms with Gasteiger partial charge in [0.25, 0.3) is 0 Å². The van der Waals surface area contributed by atoms with E-state index < -0.39 is 0 Å². The van der Waals surface area contributed by atoms with Gasteiger partial charge in [0, 0.05) is 0 Å². The second-order valence-corrected chi connectivity index (χ2v) is 3.89. The zero-order valence-corrected chi connectivity index (χ0v) is 10.6. The fourth-order valence-corrected chi connectivity index (χ4v) is 1.58. The molecule has 96 valence electrons. The van der Waals surface area contributed by atoms with Crippen LogP contribution < -0.4 is 4.74 Å². The van der Waals surface area contributed by atoms with Gasteiger partial charge in [0.2, 0.25) is 0 Å². The molecule has 0 unspecified atom stereocenters. The van der Waals surface area contributed by atoms with E-state index >= 15 is 0 Å². The number of methoxy groups -OCH3 is 1. The first kappa shape index (κ1) is 12.9. The number of hydrogen-bond acceptors (Lipinski definition) is 3. The molecule has 2 aromatic carbocycles. The van der Waals surface area contributed by atoms with E-state index in [1.54, 1.807) is 30.3 Å². The van der Waals surface area contributed by atoms with Gasteiger partial charge >= 0.3 is 5.97 Å². The third-order valence-electron chi connectivity index (χ3n) is 2.63. The first-order valence-electron chi connectivity index (χ1n) is 5.81. The number of carbonyl (C=O) groups excluding carboxylic acids is 1. The van der Waals surface area contributed by atoms with E-state index in [2.05, 4.69) is 11.3 Å². The Hall–Kier alpha value is -2.55. The van der Waals surface area contributed by atoms with Gasteiger partial charge in [0.15, 0.2) is 0 Å². The fraction of sp³-hybridized carbons (Fsp3) is 0.0625. The van der Waals surface area contributed by atoms with Crippen LogP contribution in [0.2, 0.25) is 0 Å². The summed E-state index contributed by atoms with van der Waals surface area (Å²) in [6, 6.07) is 14.4. The molecule has 0 bridgehead atoms. The van der Waals surface area contributed by atoms with E-state index in [4.69, 9.17) is 4.74 Å². The predicted octanol–water partition coefficient (Wildman–Crippen LogP) is 3.91. The van der Waals surface area contributed by atoms with Crippen molar-refractivity contribution in [2.75, 3.05) is 7.11 Å². The van der Waals surface area contributed by atoms with Crippen molar-refractivity contribution < 1.29 is 14.3 Å². The van der Waals surface area contributed by atoms with E-state index in [9.17, 15) is 4.79 Å². The van der Waals surface area contributed by atoms with Gasteiger partial charge in [-0.25, -0.2) is 4.79 Å². The van der Waals surface area contributed by atoms with Crippen LogP contribution in [0.1, 0.15) is 15.9 Å². The minimum absolute atomic E-state index is 0.359. The molecular weight excluding hydrogens is 240 g/mol. The molecule has 0 aliphatic carbocycles. The molecule has 0 fully saturated rings. The highest BCUT2D eigenvalue weighted by Gasteiger charge is 2.05. The molecule has 0 saturated heterocycles. The van der Waals surface area contributed by atoms with Crippen molar-refractivity contribution in [2.45, 2.75) is 0 Å². The molecule has 2 rings (SSSR count). The van der Waals surface area contributed by atoms with E-state index in [0.717, 1.165) is 11.3 Å². The Morgan fingerprint density at radius 1 is 1.00 bits per heavy atom. The van der Waals surface area contributed by atoms with Gasteiger partial charge in [0.1, 0.15) is 11.5 Å². The molecule has 0 N–H and O–H groups in total. The molecule has 0 radical (unpaired) electrons. The molecule has 3 heteroatoms. The summed E-state index contributed by atoms with van der Waals surface area (Å²) < 4.78 is 10.3. The highest BCUT2D eigenvalue weighted by molar-refractivity contribution is 5.89. The highest BCUT2D eigenvalue weighted by atomic mass is 16.5. The topological polar surface area (TPSA) is 35.5 Å². The van der Waals surface area contributed by atoms with Gasteiger partial charge in [-0.15, -0.1) is 0 Å². The Morgan fingerprint density at radius 3 is 2.00 bits per heavy atom. The SMILES string of the molecule is C=Cc1ccc(Oc2ccc(C(=O)OC)cc2)cc1. The third kappa shape index (κ3) is 3.22. The van der Waals surface area contributed by atoms with Crippen LogP contribution in [0, 0.1) is 0 Å². The van der Waals surface area contributed by atoms with Gasteiger partial charge in [-0.2, -0.15) is 0 Å². The maximum Gasteiger partial charge on any atom is 0.337 e. The lowest BCUT2D eigenvalue weighted by Crippen LogP contribution is -2.00.